The summed E-state index contributed by atoms with van der Waals surface area (Å²) in [6, 6.07) is 25.5. The number of nitrogens with one attached hydrogen (secondary N) is 3. The summed E-state index contributed by atoms with van der Waals surface area (Å²) in [6.07, 6.45) is 1.46. The van der Waals surface area contributed by atoms with Gasteiger partial charge in [-0.15, -0.1) is 11.3 Å². The van der Waals surface area contributed by atoms with Gasteiger partial charge in [-0.1, -0.05) is 57.9 Å². The van der Waals surface area contributed by atoms with E-state index >= 15 is 0 Å². The lowest BCUT2D eigenvalue weighted by Gasteiger charge is -2.13. The fourth-order valence-electron chi connectivity index (χ4n) is 4.00. The second-order valence-electron chi connectivity index (χ2n) is 9.40. The summed E-state index contributed by atoms with van der Waals surface area (Å²) in [5.74, 6) is -0.283. The molecular weight excluding hydrogens is 730 g/mol. The van der Waals surface area contributed by atoms with Crippen LogP contribution in [0.1, 0.15) is 21.5 Å². The number of hydrazone groups is 1. The highest BCUT2D eigenvalue weighted by atomic mass is 79.9. The number of halogens is 3. The molecular formula is C32H24Br2ClN5O3S. The molecule has 0 unspecified atom stereocenters. The zero-order chi connectivity index (χ0) is 31.1. The minimum atomic E-state index is -0.384. The lowest BCUT2D eigenvalue weighted by Crippen LogP contribution is -2.21. The van der Waals surface area contributed by atoms with Crippen molar-refractivity contribution in [1.82, 2.24) is 10.4 Å². The van der Waals surface area contributed by atoms with E-state index < -0.39 is 0 Å². The van der Waals surface area contributed by atoms with E-state index in [1.807, 2.05) is 73.0 Å². The first-order valence-corrected chi connectivity index (χ1v) is 16.0. The highest BCUT2D eigenvalue weighted by molar-refractivity contribution is 9.11. The molecule has 5 aromatic rings. The summed E-state index contributed by atoms with van der Waals surface area (Å²) < 4.78 is 7.22. The van der Waals surface area contributed by atoms with E-state index in [9.17, 15) is 9.59 Å². The Morgan fingerprint density at radius 3 is 2.52 bits per heavy atom. The molecule has 12 heteroatoms. The summed E-state index contributed by atoms with van der Waals surface area (Å²) in [5.41, 5.74) is 7.75. The van der Waals surface area contributed by atoms with E-state index in [2.05, 4.69) is 58.0 Å². The second kappa shape index (κ2) is 14.6. The van der Waals surface area contributed by atoms with Gasteiger partial charge in [-0.2, -0.15) is 5.10 Å². The average molecular weight is 754 g/mol. The molecule has 8 nitrogen and oxygen atoms in total. The number of amides is 2. The maximum Gasteiger partial charge on any atom is 0.271 e. The Hall–Kier alpha value is -4.03. The summed E-state index contributed by atoms with van der Waals surface area (Å²) in [7, 11) is 0. The molecule has 0 saturated carbocycles. The second-order valence-corrected chi connectivity index (χ2v) is 12.5. The van der Waals surface area contributed by atoms with Crippen molar-refractivity contribution in [3.05, 3.63) is 121 Å². The monoisotopic (exact) mass is 751 g/mol. The number of nitrogens with zero attached hydrogens (tertiary/aromatic N) is 2. The molecule has 0 fully saturated rings. The van der Waals surface area contributed by atoms with Crippen molar-refractivity contribution in [2.24, 2.45) is 5.10 Å². The number of hydrogen-bond acceptors (Lipinski definition) is 7. The van der Waals surface area contributed by atoms with Gasteiger partial charge in [0.1, 0.15) is 5.75 Å². The highest BCUT2D eigenvalue weighted by Gasteiger charge is 2.13. The SMILES string of the molecule is Cc1ccccc1NC(=O)COc1c(Br)cc(Br)cc1/C=N\NC(=O)c1ccc(-c2csc(Nc3ccc(Cl)cc3)n2)cc1. The van der Waals surface area contributed by atoms with Crippen molar-refractivity contribution in [1.29, 1.82) is 0 Å². The molecule has 0 aliphatic carbocycles. The van der Waals surface area contributed by atoms with Gasteiger partial charge >= 0.3 is 0 Å². The van der Waals surface area contributed by atoms with E-state index in [1.165, 1.54) is 17.6 Å². The molecule has 222 valence electrons. The number of thiazole rings is 1. The van der Waals surface area contributed by atoms with Crippen molar-refractivity contribution >= 4 is 89.3 Å². The van der Waals surface area contributed by atoms with Crippen molar-refractivity contribution in [2.45, 2.75) is 6.92 Å². The van der Waals surface area contributed by atoms with Crippen molar-refractivity contribution < 1.29 is 14.3 Å². The summed E-state index contributed by atoms with van der Waals surface area (Å²) >= 11 is 14.4. The summed E-state index contributed by atoms with van der Waals surface area (Å²) in [4.78, 5) is 29.9. The molecule has 0 aliphatic heterocycles. The largest absolute Gasteiger partial charge is 0.482 e. The Morgan fingerprint density at radius 2 is 1.77 bits per heavy atom. The number of carbonyl (C=O) groups is 2. The van der Waals surface area contributed by atoms with Crippen LogP contribution in [0.5, 0.6) is 5.75 Å². The number of hydrogen-bond donors (Lipinski definition) is 3. The van der Waals surface area contributed by atoms with Crippen LogP contribution in [-0.2, 0) is 4.79 Å². The quantitative estimate of drug-likeness (QED) is 0.0977. The maximum absolute atomic E-state index is 12.8. The van der Waals surface area contributed by atoms with E-state index in [-0.39, 0.29) is 18.4 Å². The topological polar surface area (TPSA) is 105 Å². The van der Waals surface area contributed by atoms with Crippen LogP contribution in [0, 0.1) is 6.92 Å². The third kappa shape index (κ3) is 8.32. The molecule has 0 saturated heterocycles. The van der Waals surface area contributed by atoms with Crippen LogP contribution >= 0.6 is 54.8 Å². The number of carbonyl (C=O) groups excluding carboxylic acids is 2. The van der Waals surface area contributed by atoms with Gasteiger partial charge in [0, 0.05) is 42.9 Å². The summed E-state index contributed by atoms with van der Waals surface area (Å²) in [6.45, 7) is 1.70. The molecule has 0 bridgehead atoms. The van der Waals surface area contributed by atoms with E-state index in [0.717, 1.165) is 37.8 Å². The smallest absolute Gasteiger partial charge is 0.271 e. The fourth-order valence-corrected chi connectivity index (χ4v) is 6.24. The molecule has 1 heterocycles. The standard InChI is InChI=1S/C32H24Br2ClN5O3S/c1-19-4-2-3-5-27(19)38-29(41)17-43-30-22(14-23(33)15-26(30)34)16-36-40-31(42)21-8-6-20(7-9-21)28-18-44-32(39-28)37-25-12-10-24(35)11-13-25/h2-16,18H,17H2,1H3,(H,37,39)(H,38,41)(H,40,42)/b36-16-. The van der Waals surface area contributed by atoms with Gasteiger partial charge in [0.2, 0.25) is 0 Å². The Bertz CT molecular complexity index is 1830. The molecule has 1 aromatic heterocycles. The Balaban J connectivity index is 1.19. The lowest BCUT2D eigenvalue weighted by atomic mass is 10.1. The molecule has 0 aliphatic rings. The van der Waals surface area contributed by atoms with Crippen LogP contribution in [0.15, 0.2) is 104 Å². The number of ether oxygens (including phenoxy) is 1. The van der Waals surface area contributed by atoms with Gasteiger partial charge < -0.3 is 15.4 Å². The number of aromatic nitrogens is 1. The number of anilines is 3. The van der Waals surface area contributed by atoms with E-state index in [4.69, 9.17) is 16.3 Å². The van der Waals surface area contributed by atoms with Crippen LogP contribution in [-0.4, -0.2) is 29.6 Å². The summed E-state index contributed by atoms with van der Waals surface area (Å²) in [5, 5.41) is 13.6. The molecule has 3 N–H and O–H groups in total. The van der Waals surface area contributed by atoms with Gasteiger partial charge in [-0.3, -0.25) is 9.59 Å². The molecule has 0 atom stereocenters. The van der Waals surface area contributed by atoms with Crippen LogP contribution in [0.25, 0.3) is 11.3 Å². The number of para-hydroxylation sites is 1. The van der Waals surface area contributed by atoms with E-state index in [0.29, 0.717) is 26.4 Å². The molecule has 5 rings (SSSR count). The van der Waals surface area contributed by atoms with Gasteiger partial charge in [0.15, 0.2) is 11.7 Å². The van der Waals surface area contributed by atoms with Crippen LogP contribution in [0.2, 0.25) is 5.02 Å². The first-order valence-electron chi connectivity index (χ1n) is 13.1. The van der Waals surface area contributed by atoms with Gasteiger partial charge in [0.25, 0.3) is 11.8 Å². The predicted molar refractivity (Wildman–Crippen MR) is 184 cm³/mol. The fraction of sp³-hybridized carbons (Fsp3) is 0.0625. The zero-order valence-electron chi connectivity index (χ0n) is 23.1. The van der Waals surface area contributed by atoms with Crippen molar-refractivity contribution in [3.8, 4) is 17.0 Å². The van der Waals surface area contributed by atoms with Crippen molar-refractivity contribution in [3.63, 3.8) is 0 Å². The first kappa shape index (κ1) is 31.4. The first-order chi connectivity index (χ1) is 21.2. The Labute approximate surface area is 279 Å². The number of benzene rings is 4. The van der Waals surface area contributed by atoms with Gasteiger partial charge in [0.05, 0.1) is 16.4 Å². The zero-order valence-corrected chi connectivity index (χ0v) is 27.9. The average Bonchev–Trinajstić information content (AvgIpc) is 3.47. The van der Waals surface area contributed by atoms with Crippen molar-refractivity contribution in [2.75, 3.05) is 17.2 Å². The third-order valence-corrected chi connectivity index (χ3v) is 8.27. The van der Waals surface area contributed by atoms with Crippen LogP contribution in [0.3, 0.4) is 0 Å². The normalized spacial score (nSPS) is 10.9. The van der Waals surface area contributed by atoms with Gasteiger partial charge in [-0.25, -0.2) is 10.4 Å². The number of rotatable bonds is 10. The molecule has 4 aromatic carbocycles. The van der Waals surface area contributed by atoms with Crippen LogP contribution in [0.4, 0.5) is 16.5 Å². The molecule has 0 spiro atoms. The van der Waals surface area contributed by atoms with E-state index in [1.54, 1.807) is 24.3 Å². The van der Waals surface area contributed by atoms with Crippen LogP contribution < -0.4 is 20.8 Å². The molecule has 0 radical (unpaired) electrons. The minimum absolute atomic E-state index is 0.216. The Kier molecular flexibility index (Phi) is 10.4. The number of aryl methyl sites for hydroxylation is 1. The highest BCUT2D eigenvalue weighted by Crippen LogP contribution is 2.32. The Morgan fingerprint density at radius 1 is 1.02 bits per heavy atom. The predicted octanol–water partition coefficient (Wildman–Crippen LogP) is 8.82. The molecule has 2 amide bonds. The molecule has 44 heavy (non-hydrogen) atoms. The van der Waals surface area contributed by atoms with Gasteiger partial charge in [-0.05, 0) is 83.0 Å². The third-order valence-electron chi connectivity index (χ3n) is 6.22. The minimum Gasteiger partial charge on any atom is -0.482 e. The maximum atomic E-state index is 12.8. The lowest BCUT2D eigenvalue weighted by molar-refractivity contribution is -0.118.